The van der Waals surface area contributed by atoms with Crippen LogP contribution >= 0.6 is 11.6 Å². The maximum Gasteiger partial charge on any atom is 0.322 e. The molecule has 0 aromatic carbocycles. The minimum absolute atomic E-state index is 0.0559. The average molecular weight is 282 g/mol. The molecule has 2 N–H and O–H groups in total. The molecule has 1 atom stereocenters. The lowest BCUT2D eigenvalue weighted by molar-refractivity contribution is -0.125. The topological polar surface area (TPSA) is 95.6 Å². The molecule has 0 aromatic heterocycles. The number of imide groups is 1. The molecule has 96 valence electrons. The van der Waals surface area contributed by atoms with E-state index in [1.54, 1.807) is 0 Å². The van der Waals surface area contributed by atoms with Crippen molar-refractivity contribution in [1.82, 2.24) is 14.9 Å². The molecule has 0 saturated carbocycles. The smallest absolute Gasteiger partial charge is 0.322 e. The summed E-state index contributed by atoms with van der Waals surface area (Å²) in [7, 11) is -3.56. The van der Waals surface area contributed by atoms with E-state index in [0.29, 0.717) is 19.4 Å². The Bertz CT molecular complexity index is 465. The van der Waals surface area contributed by atoms with Crippen molar-refractivity contribution in [3.63, 3.8) is 0 Å². The fraction of sp³-hybridized carbons (Fsp3) is 0.750. The molecule has 2 aliphatic rings. The van der Waals surface area contributed by atoms with Crippen molar-refractivity contribution in [2.24, 2.45) is 0 Å². The van der Waals surface area contributed by atoms with Crippen molar-refractivity contribution < 1.29 is 18.0 Å². The summed E-state index contributed by atoms with van der Waals surface area (Å²) >= 11 is 5.37. The second-order valence-electron chi connectivity index (χ2n) is 4.15. The maximum absolute atomic E-state index is 11.7. The third-order valence-corrected chi connectivity index (χ3v) is 5.20. The van der Waals surface area contributed by atoms with Gasteiger partial charge in [-0.25, -0.2) is 13.2 Å². The molecule has 9 heteroatoms. The lowest BCUT2D eigenvalue weighted by Crippen LogP contribution is -2.59. The third kappa shape index (κ3) is 2.12. The van der Waals surface area contributed by atoms with Gasteiger partial charge in [-0.2, -0.15) is 4.31 Å². The molecule has 1 spiro atoms. The molecule has 1 unspecified atom stereocenters. The molecule has 7 nitrogen and oxygen atoms in total. The Balaban J connectivity index is 2.23. The number of carbonyl (C=O) groups excluding carboxylic acids is 2. The number of piperidine rings is 1. The predicted octanol–water partition coefficient (Wildman–Crippen LogP) is -0.813. The highest BCUT2D eigenvalue weighted by atomic mass is 35.5. The van der Waals surface area contributed by atoms with Crippen molar-refractivity contribution in [1.29, 1.82) is 0 Å². The largest absolute Gasteiger partial charge is 0.322 e. The Kier molecular flexibility index (Phi) is 3.04. The number of amides is 3. The highest BCUT2D eigenvalue weighted by molar-refractivity contribution is 7.90. The second-order valence-corrected chi connectivity index (χ2v) is 6.70. The van der Waals surface area contributed by atoms with E-state index in [0.717, 1.165) is 4.31 Å². The Morgan fingerprint density at radius 2 is 2.12 bits per heavy atom. The molecule has 2 fully saturated rings. The fourth-order valence-corrected chi connectivity index (χ4v) is 3.51. The number of nitrogens with zero attached hydrogens (tertiary/aromatic N) is 1. The van der Waals surface area contributed by atoms with Gasteiger partial charge < -0.3 is 5.32 Å². The van der Waals surface area contributed by atoms with Gasteiger partial charge in [-0.3, -0.25) is 10.1 Å². The highest BCUT2D eigenvalue weighted by Crippen LogP contribution is 2.26. The molecular weight excluding hydrogens is 270 g/mol. The van der Waals surface area contributed by atoms with E-state index in [4.69, 9.17) is 11.6 Å². The molecule has 17 heavy (non-hydrogen) atoms. The minimum Gasteiger partial charge on any atom is -0.322 e. The number of nitrogens with one attached hydrogen (secondary N) is 2. The second kappa shape index (κ2) is 4.11. The zero-order chi connectivity index (χ0) is 12.7. The number of halogens is 1. The van der Waals surface area contributed by atoms with Crippen molar-refractivity contribution in [3.05, 3.63) is 0 Å². The Labute approximate surface area is 104 Å². The summed E-state index contributed by atoms with van der Waals surface area (Å²) in [5.41, 5.74) is -1.13. The molecular formula is C8H12ClN3O4S. The van der Waals surface area contributed by atoms with Gasteiger partial charge in [-0.05, 0) is 12.8 Å². The number of hydrogen-bond acceptors (Lipinski definition) is 4. The summed E-state index contributed by atoms with van der Waals surface area (Å²) < 4.78 is 24.4. The van der Waals surface area contributed by atoms with Crippen LogP contribution in [0.4, 0.5) is 4.79 Å². The van der Waals surface area contributed by atoms with Crippen LogP contribution in [0.1, 0.15) is 12.8 Å². The van der Waals surface area contributed by atoms with Gasteiger partial charge in [0.15, 0.2) is 0 Å². The summed E-state index contributed by atoms with van der Waals surface area (Å²) in [6, 6.07) is -0.583. The molecule has 0 bridgehead atoms. The first-order valence-corrected chi connectivity index (χ1v) is 7.21. The van der Waals surface area contributed by atoms with Crippen LogP contribution in [0.25, 0.3) is 0 Å². The van der Waals surface area contributed by atoms with E-state index in [2.05, 4.69) is 10.6 Å². The Hall–Kier alpha value is -0.860. The van der Waals surface area contributed by atoms with E-state index in [9.17, 15) is 18.0 Å². The van der Waals surface area contributed by atoms with Crippen LogP contribution in [0, 0.1) is 0 Å². The Morgan fingerprint density at radius 1 is 1.41 bits per heavy atom. The van der Waals surface area contributed by atoms with Crippen molar-refractivity contribution >= 4 is 33.6 Å². The van der Waals surface area contributed by atoms with E-state index in [-0.39, 0.29) is 6.54 Å². The van der Waals surface area contributed by atoms with Gasteiger partial charge in [0.1, 0.15) is 10.8 Å². The van der Waals surface area contributed by atoms with Crippen LogP contribution in [-0.2, 0) is 14.8 Å². The van der Waals surface area contributed by atoms with Gasteiger partial charge >= 0.3 is 6.03 Å². The van der Waals surface area contributed by atoms with Gasteiger partial charge in [0.2, 0.25) is 10.0 Å². The zero-order valence-corrected chi connectivity index (χ0v) is 10.5. The first-order chi connectivity index (χ1) is 7.89. The molecule has 2 aliphatic heterocycles. The van der Waals surface area contributed by atoms with Crippen LogP contribution in [0.15, 0.2) is 0 Å². The van der Waals surface area contributed by atoms with Crippen molar-refractivity contribution in [3.8, 4) is 0 Å². The molecule has 3 amide bonds. The van der Waals surface area contributed by atoms with Gasteiger partial charge in [0, 0.05) is 13.1 Å². The number of alkyl halides is 1. The summed E-state index contributed by atoms with van der Waals surface area (Å²) in [6.07, 6.45) is 0.933. The Morgan fingerprint density at radius 3 is 2.65 bits per heavy atom. The van der Waals surface area contributed by atoms with Crippen LogP contribution in [0.5, 0.6) is 0 Å². The normalized spacial score (nSPS) is 30.4. The van der Waals surface area contributed by atoms with Gasteiger partial charge in [0.05, 0.1) is 0 Å². The highest BCUT2D eigenvalue weighted by Gasteiger charge is 2.50. The molecule has 2 heterocycles. The summed E-state index contributed by atoms with van der Waals surface area (Å²) in [4.78, 5) is 22.8. The number of sulfonamides is 1. The van der Waals surface area contributed by atoms with E-state index in [1.165, 1.54) is 0 Å². The maximum atomic E-state index is 11.7. The molecule has 0 aromatic rings. The average Bonchev–Trinajstić information content (AvgIpc) is 2.54. The molecule has 0 aliphatic carbocycles. The van der Waals surface area contributed by atoms with Crippen molar-refractivity contribution in [2.45, 2.75) is 18.4 Å². The molecule has 2 rings (SSSR count). The summed E-state index contributed by atoms with van der Waals surface area (Å²) in [6.45, 7) is 0.263. The number of carbonyl (C=O) groups is 2. The lowest BCUT2D eigenvalue weighted by Gasteiger charge is -2.36. The van der Waals surface area contributed by atoms with Gasteiger partial charge in [-0.1, -0.05) is 0 Å². The minimum atomic E-state index is -3.56. The SMILES string of the molecule is O=C1NC(=O)C2(CCCN(S(=O)(=O)CCl)C2)N1. The molecule has 0 radical (unpaired) electrons. The van der Waals surface area contributed by atoms with E-state index >= 15 is 0 Å². The van der Waals surface area contributed by atoms with Crippen LogP contribution in [0.3, 0.4) is 0 Å². The first kappa shape index (κ1) is 12.6. The van der Waals surface area contributed by atoms with E-state index < -0.39 is 32.7 Å². The number of hydrogen-bond donors (Lipinski definition) is 2. The molecule has 2 saturated heterocycles. The third-order valence-electron chi connectivity index (χ3n) is 3.00. The first-order valence-electron chi connectivity index (χ1n) is 5.07. The van der Waals surface area contributed by atoms with Crippen LogP contribution < -0.4 is 10.6 Å². The zero-order valence-electron chi connectivity index (χ0n) is 8.90. The van der Waals surface area contributed by atoms with E-state index in [1.807, 2.05) is 0 Å². The number of urea groups is 1. The predicted molar refractivity (Wildman–Crippen MR) is 59.9 cm³/mol. The summed E-state index contributed by atoms with van der Waals surface area (Å²) in [5.74, 6) is -0.475. The lowest BCUT2D eigenvalue weighted by atomic mass is 9.90. The number of rotatable bonds is 2. The van der Waals surface area contributed by atoms with Crippen LogP contribution in [-0.4, -0.2) is 48.5 Å². The van der Waals surface area contributed by atoms with Gasteiger partial charge in [0.25, 0.3) is 5.91 Å². The van der Waals surface area contributed by atoms with Crippen LogP contribution in [0.2, 0.25) is 0 Å². The standard InChI is InChI=1S/C8H12ClN3O4S/c9-5-17(15,16)12-3-1-2-8(4-12)6(13)10-7(14)11-8/h1-5H2,(H2,10,11,13,14). The summed E-state index contributed by atoms with van der Waals surface area (Å²) in [5, 5.41) is 4.09. The van der Waals surface area contributed by atoms with Gasteiger partial charge in [-0.15, -0.1) is 11.6 Å². The fourth-order valence-electron chi connectivity index (χ4n) is 2.14. The quantitative estimate of drug-likeness (QED) is 0.511. The monoisotopic (exact) mass is 281 g/mol. The van der Waals surface area contributed by atoms with Crippen molar-refractivity contribution in [2.75, 3.05) is 18.3 Å².